The fraction of sp³-hybridized carbons (Fsp3) is 0.706. The Balaban J connectivity index is 0.0000000797. The maximum atomic E-state index is 11.4. The number of nitrogens with zero attached hydrogens (tertiary/aromatic N) is 3. The van der Waals surface area contributed by atoms with E-state index in [-0.39, 0.29) is 11.2 Å². The number of imidazole rings is 1. The molecule has 6 nitrogen and oxygen atoms in total. The molecule has 2 aromatic heterocycles. The van der Waals surface area contributed by atoms with E-state index in [1.165, 1.54) is 17.9 Å². The van der Waals surface area contributed by atoms with Crippen LogP contribution in [-0.2, 0) is 20.6 Å². The number of rotatable bonds is 0. The summed E-state index contributed by atoms with van der Waals surface area (Å²) in [6.45, 7) is -2.28. The van der Waals surface area contributed by atoms with Crippen molar-refractivity contribution in [1.82, 2.24) is 19.1 Å². The molecule has 0 unspecified atom stereocenters. The molecule has 10 fully saturated rings. The summed E-state index contributed by atoms with van der Waals surface area (Å²) in [5.74, 6) is 0. The van der Waals surface area contributed by atoms with Gasteiger partial charge < -0.3 is 4.98 Å². The van der Waals surface area contributed by atoms with Crippen molar-refractivity contribution in [3.8, 4) is 0 Å². The predicted octanol–water partition coefficient (Wildman–Crippen LogP) is 2.34. The van der Waals surface area contributed by atoms with Crippen molar-refractivity contribution in [3.63, 3.8) is 0 Å². The van der Waals surface area contributed by atoms with Gasteiger partial charge in [0.15, 0.2) is 5.65 Å². The predicted molar refractivity (Wildman–Crippen MR) is 84.1 cm³/mol. The zero-order chi connectivity index (χ0) is 15.7. The summed E-state index contributed by atoms with van der Waals surface area (Å²) in [5, 5.41) is 0. The number of hydrogen-bond acceptors (Lipinski definition) is 3. The molecule has 7 heteroatoms. The van der Waals surface area contributed by atoms with E-state index in [0.29, 0.717) is 11.2 Å². The van der Waals surface area contributed by atoms with Gasteiger partial charge in [-0.3, -0.25) is 13.9 Å². The average Bonchev–Trinajstić information content (AvgIpc) is 3.50. The number of fused-ring (bicyclic) bond motifs is 11. The third-order valence-electron chi connectivity index (χ3n) is 16.6. The van der Waals surface area contributed by atoms with E-state index < -0.39 is 6.51 Å². The van der Waals surface area contributed by atoms with Gasteiger partial charge in [0.25, 0.3) is 5.56 Å². The van der Waals surface area contributed by atoms with Crippen LogP contribution in [0.5, 0.6) is 0 Å². The van der Waals surface area contributed by atoms with E-state index in [0.717, 1.165) is 4.57 Å². The third-order valence-corrected chi connectivity index (χ3v) is 58.5. The Bertz CT molecular complexity index is 1400. The summed E-state index contributed by atoms with van der Waals surface area (Å²) in [6.07, 6.45) is 1.39. The quantitative estimate of drug-likeness (QED) is 0.728. The second-order valence-electron chi connectivity index (χ2n) is 12.4. The van der Waals surface area contributed by atoms with Gasteiger partial charge in [0.05, 0.1) is 6.33 Å². The Morgan fingerprint density at radius 1 is 0.875 bits per heavy atom. The SMILES string of the molecule is Cn1c(=O)c2[nH]cnc2n(C)c1=O.[CH]12[CH]3[CH]4[CH]5[CH]1[Fe]23451678[CH]2[CH]1[CH]6[CH]7[CH]28. The van der Waals surface area contributed by atoms with E-state index in [1.807, 2.05) is 0 Å². The second kappa shape index (κ2) is 1.03. The summed E-state index contributed by atoms with van der Waals surface area (Å²) < 4.78 is 2.37. The number of hydrogen-bond donors (Lipinski definition) is 1. The van der Waals surface area contributed by atoms with Gasteiger partial charge in [0.2, 0.25) is 0 Å². The van der Waals surface area contributed by atoms with Crippen LogP contribution in [0.25, 0.3) is 11.2 Å². The van der Waals surface area contributed by atoms with Crippen LogP contribution in [-0.4, -0.2) is 19.1 Å². The van der Waals surface area contributed by atoms with Gasteiger partial charge in [-0.2, -0.15) is 0 Å². The Hall–Kier alpha value is -1.33. The Labute approximate surface area is 126 Å². The molecule has 0 aromatic carbocycles. The fourth-order valence-electron chi connectivity index (χ4n) is 17.1. The van der Waals surface area contributed by atoms with Gasteiger partial charge in [0, 0.05) is 14.1 Å². The number of aromatic amines is 1. The number of aryl methyl sites for hydroxylation is 1. The molecule has 0 radical (unpaired) electrons. The Kier molecular flexibility index (Phi) is 0.429. The second-order valence-corrected chi connectivity index (χ2v) is 36.3. The molecule has 10 aliphatic heterocycles. The third kappa shape index (κ3) is 0.153. The molecule has 12 heterocycles. The number of H-pyrrole nitrogens is 1. The molecular weight excluding hydrogens is 348 g/mol. The molecule has 1 N–H and O–H groups in total. The average molecular weight is 366 g/mol. The summed E-state index contributed by atoms with van der Waals surface area (Å²) in [7, 11) is 3.01. The molecule has 2 aromatic rings. The van der Waals surface area contributed by atoms with Gasteiger partial charge in [-0.05, 0) is 0 Å². The summed E-state index contributed by atoms with van der Waals surface area (Å²) in [6, 6.07) is 0. The van der Waals surface area contributed by atoms with Crippen molar-refractivity contribution in [3.05, 3.63) is 27.2 Å². The normalized spacial score (nSPS) is 84.2. The van der Waals surface area contributed by atoms with Gasteiger partial charge in [-0.15, -0.1) is 0 Å². The van der Waals surface area contributed by atoms with Gasteiger partial charge >= 0.3 is 60.4 Å². The van der Waals surface area contributed by atoms with Gasteiger partial charge in [-0.25, -0.2) is 9.78 Å². The molecule has 0 amide bonds. The monoisotopic (exact) mass is 366 g/mol. The first-order valence-electron chi connectivity index (χ1n) is 9.09. The van der Waals surface area contributed by atoms with E-state index in [1.54, 1.807) is 55.2 Å². The topological polar surface area (TPSA) is 72.7 Å². The van der Waals surface area contributed by atoms with Crippen molar-refractivity contribution in [2.45, 2.75) is 48.2 Å². The van der Waals surface area contributed by atoms with Gasteiger partial charge in [-0.1, -0.05) is 0 Å². The molecule has 0 saturated carbocycles. The van der Waals surface area contributed by atoms with E-state index >= 15 is 0 Å². The first kappa shape index (κ1) is 9.97. The maximum absolute atomic E-state index is 11.4. The zero-order valence-electron chi connectivity index (χ0n) is 13.4. The van der Waals surface area contributed by atoms with Crippen LogP contribution in [0.1, 0.15) is 0 Å². The van der Waals surface area contributed by atoms with Crippen LogP contribution in [0.15, 0.2) is 15.9 Å². The van der Waals surface area contributed by atoms with Crippen molar-refractivity contribution in [2.75, 3.05) is 0 Å². The van der Waals surface area contributed by atoms with E-state index in [9.17, 15) is 9.59 Å². The van der Waals surface area contributed by atoms with Crippen molar-refractivity contribution in [2.24, 2.45) is 14.1 Å². The number of aromatic nitrogens is 4. The van der Waals surface area contributed by atoms with Gasteiger partial charge in [0.1, 0.15) is 5.52 Å². The first-order chi connectivity index (χ1) is 11.3. The molecule has 0 bridgehead atoms. The minimum atomic E-state index is -2.28. The molecule has 126 valence electrons. The Morgan fingerprint density at radius 2 is 1.33 bits per heavy atom. The first-order valence-corrected chi connectivity index (χ1v) is 15.5. The zero-order valence-corrected chi connectivity index (χ0v) is 14.5. The molecule has 1 spiro atoms. The van der Waals surface area contributed by atoms with Crippen molar-refractivity contribution in [1.29, 1.82) is 0 Å². The van der Waals surface area contributed by atoms with Crippen LogP contribution in [0, 0.1) is 0 Å². The Morgan fingerprint density at radius 3 is 1.71 bits per heavy atom. The van der Waals surface area contributed by atoms with Crippen LogP contribution in [0.4, 0.5) is 0 Å². The summed E-state index contributed by atoms with van der Waals surface area (Å²) in [5.41, 5.74) is 0.0119. The molecule has 0 aliphatic carbocycles. The van der Waals surface area contributed by atoms with Crippen LogP contribution < -0.4 is 11.2 Å². The van der Waals surface area contributed by atoms with Crippen LogP contribution in [0.2, 0.25) is 48.2 Å². The standard InChI is InChI=1S/C7H8N4O2.2C5H5.Fe/c1-10-5-4(8-3-9-5)6(12)11(2)7(10)13;2*1-2-4-5-3-1;/h3H,1-2H3,(H,8,9);2*1-5H;. The molecule has 24 heavy (non-hydrogen) atoms. The molecular formula is C17H18FeN4O2. The van der Waals surface area contributed by atoms with Crippen LogP contribution in [0.3, 0.4) is 0 Å². The molecule has 0 atom stereocenters. The summed E-state index contributed by atoms with van der Waals surface area (Å²) >= 11 is 0. The van der Waals surface area contributed by atoms with E-state index in [2.05, 4.69) is 9.97 Å². The number of nitrogens with one attached hydrogen (secondary N) is 1. The van der Waals surface area contributed by atoms with Crippen LogP contribution >= 0.6 is 0 Å². The fourth-order valence-corrected chi connectivity index (χ4v) is 89.3. The molecule has 10 saturated heterocycles. The van der Waals surface area contributed by atoms with Crippen molar-refractivity contribution < 1.29 is 6.51 Å². The molecule has 10 aliphatic rings. The molecule has 12 rings (SSSR count). The summed E-state index contributed by atoms with van der Waals surface area (Å²) in [4.78, 5) is 45.3. The van der Waals surface area contributed by atoms with Crippen molar-refractivity contribution >= 4 is 11.2 Å². The van der Waals surface area contributed by atoms with E-state index in [4.69, 9.17) is 0 Å². The minimum absolute atomic E-state index is 0.351.